The molecule has 13 heteroatoms. The van der Waals surface area contributed by atoms with Gasteiger partial charge in [0.1, 0.15) is 0 Å². The third-order valence-electron chi connectivity index (χ3n) is 5.32. The Labute approximate surface area is 187 Å². The van der Waals surface area contributed by atoms with Gasteiger partial charge in [-0.2, -0.15) is 13.2 Å². The maximum Gasteiger partial charge on any atom is 0.493 e. The van der Waals surface area contributed by atoms with Crippen molar-refractivity contribution in [2.45, 2.75) is 32.9 Å². The second-order valence-electron chi connectivity index (χ2n) is 7.88. The summed E-state index contributed by atoms with van der Waals surface area (Å²) in [6.07, 6.45) is 0.734. The highest BCUT2D eigenvalue weighted by molar-refractivity contribution is 5.80. The minimum Gasteiger partial charge on any atom is -0.327 e. The lowest BCUT2D eigenvalue weighted by molar-refractivity contribution is -0.203. The maximum atomic E-state index is 13.3. The molecule has 0 saturated carbocycles. The highest BCUT2D eigenvalue weighted by Crippen LogP contribution is 2.38. The minimum absolute atomic E-state index is 0.0802. The predicted molar refractivity (Wildman–Crippen MR) is 114 cm³/mol. The van der Waals surface area contributed by atoms with E-state index in [1.54, 1.807) is 11.0 Å². The van der Waals surface area contributed by atoms with E-state index < -0.39 is 29.7 Å². The molecule has 1 unspecified atom stereocenters. The first kappa shape index (κ1) is 24.4. The molecular formula is C20H25F3N6O4. The summed E-state index contributed by atoms with van der Waals surface area (Å²) in [6.45, 7) is 5.32. The van der Waals surface area contributed by atoms with E-state index >= 15 is 0 Å². The molecule has 1 N–H and O–H groups in total. The summed E-state index contributed by atoms with van der Waals surface area (Å²) >= 11 is 0. The number of halogens is 3. The minimum atomic E-state index is -5.28. The summed E-state index contributed by atoms with van der Waals surface area (Å²) in [4.78, 5) is 46.0. The fourth-order valence-electron chi connectivity index (χ4n) is 3.78. The molecule has 1 fully saturated rings. The van der Waals surface area contributed by atoms with Crippen molar-refractivity contribution in [1.29, 1.82) is 0 Å². The van der Waals surface area contributed by atoms with Crippen LogP contribution in [0.4, 0.5) is 24.7 Å². The Kier molecular flexibility index (Phi) is 6.89. The van der Waals surface area contributed by atoms with Crippen LogP contribution in [0, 0.1) is 12.3 Å². The van der Waals surface area contributed by atoms with Crippen molar-refractivity contribution in [1.82, 2.24) is 19.4 Å². The number of fused-ring (bicyclic) bond motifs is 1. The third kappa shape index (κ3) is 4.62. The molecule has 1 aromatic rings. The first-order chi connectivity index (χ1) is 15.5. The number of alkyl halides is 3. The molecule has 2 aliphatic rings. The molecule has 0 aliphatic carbocycles. The van der Waals surface area contributed by atoms with Crippen molar-refractivity contribution >= 4 is 17.5 Å². The van der Waals surface area contributed by atoms with Crippen LogP contribution in [-0.4, -0.2) is 65.2 Å². The van der Waals surface area contributed by atoms with Gasteiger partial charge in [0, 0.05) is 39.8 Å². The van der Waals surface area contributed by atoms with E-state index in [4.69, 9.17) is 11.3 Å². The molecule has 0 bridgehead atoms. The number of carbonyl (C=O) groups is 1. The zero-order chi connectivity index (χ0) is 24.5. The first-order valence-corrected chi connectivity index (χ1v) is 10.2. The van der Waals surface area contributed by atoms with Crippen molar-refractivity contribution in [3.8, 4) is 12.3 Å². The number of aromatic nitrogens is 2. The zero-order valence-electron chi connectivity index (χ0n) is 18.5. The number of carbonyl (C=O) groups excluding carboxylic acids is 1. The Morgan fingerprint density at radius 2 is 1.91 bits per heavy atom. The summed E-state index contributed by atoms with van der Waals surface area (Å²) in [5.41, 5.74) is -0.801. The second kappa shape index (κ2) is 9.32. The Morgan fingerprint density at radius 3 is 2.45 bits per heavy atom. The molecule has 3 heterocycles. The molecule has 10 nitrogen and oxygen atoms in total. The van der Waals surface area contributed by atoms with Gasteiger partial charge in [0.05, 0.1) is 6.54 Å². The predicted octanol–water partition coefficient (Wildman–Crippen LogP) is -0.0179. The van der Waals surface area contributed by atoms with Gasteiger partial charge in [0.15, 0.2) is 17.8 Å². The number of rotatable bonds is 5. The largest absolute Gasteiger partial charge is 0.493 e. The number of piperazine rings is 1. The van der Waals surface area contributed by atoms with Crippen LogP contribution in [0.2, 0.25) is 0 Å². The van der Waals surface area contributed by atoms with E-state index in [0.29, 0.717) is 31.2 Å². The molecule has 0 aromatic carbocycles. The van der Waals surface area contributed by atoms with Crippen LogP contribution in [0.25, 0.3) is 0 Å². The van der Waals surface area contributed by atoms with E-state index in [1.165, 1.54) is 11.9 Å². The SMILES string of the molecule is C#CCn1c(=O)c2c(n(C)c1=O)N(OC(=O)C(F)(F)F)C(N1CCNCC1)N2CC=C(C)C. The standard InChI is InChI=1S/C20H25F3N6O4/c1-5-9-28-16(30)14-15(25(4)19(28)32)29(33-17(31)20(21,22)23)18(26-11-7-24-8-12-26)27(14)10-6-13(2)3/h1,6,18,24H,7-12H2,2-4H3. The van der Waals surface area contributed by atoms with Gasteiger partial charge in [0.25, 0.3) is 5.56 Å². The van der Waals surface area contributed by atoms with Gasteiger partial charge in [-0.3, -0.25) is 14.3 Å². The number of hydroxylamine groups is 1. The van der Waals surface area contributed by atoms with Gasteiger partial charge in [0.2, 0.25) is 0 Å². The Bertz CT molecular complexity index is 1110. The van der Waals surface area contributed by atoms with Crippen LogP contribution in [0.15, 0.2) is 21.2 Å². The molecule has 33 heavy (non-hydrogen) atoms. The number of hydrogen-bond donors (Lipinski definition) is 1. The van der Waals surface area contributed by atoms with Crippen molar-refractivity contribution < 1.29 is 22.8 Å². The quantitative estimate of drug-likeness (QED) is 0.475. The van der Waals surface area contributed by atoms with Crippen molar-refractivity contribution in [2.24, 2.45) is 7.05 Å². The maximum absolute atomic E-state index is 13.3. The van der Waals surface area contributed by atoms with Gasteiger partial charge in [-0.05, 0) is 13.8 Å². The van der Waals surface area contributed by atoms with Crippen LogP contribution >= 0.6 is 0 Å². The summed E-state index contributed by atoms with van der Waals surface area (Å²) < 4.78 is 41.1. The average molecular weight is 470 g/mol. The van der Waals surface area contributed by atoms with Crippen LogP contribution in [0.1, 0.15) is 13.8 Å². The molecule has 1 atom stereocenters. The Hall–Kier alpha value is -3.24. The fourth-order valence-corrected chi connectivity index (χ4v) is 3.78. The smallest absolute Gasteiger partial charge is 0.327 e. The van der Waals surface area contributed by atoms with Gasteiger partial charge in [-0.15, -0.1) is 11.5 Å². The molecule has 0 spiro atoms. The Morgan fingerprint density at radius 1 is 1.27 bits per heavy atom. The summed E-state index contributed by atoms with van der Waals surface area (Å²) in [6, 6.07) is 0. The van der Waals surface area contributed by atoms with Crippen LogP contribution < -0.4 is 26.5 Å². The zero-order valence-corrected chi connectivity index (χ0v) is 18.5. The number of anilines is 2. The lowest BCUT2D eigenvalue weighted by atomic mass is 10.3. The molecule has 3 rings (SSSR count). The summed E-state index contributed by atoms with van der Waals surface area (Å²) in [7, 11) is 1.28. The van der Waals surface area contributed by atoms with E-state index in [0.717, 1.165) is 14.7 Å². The van der Waals surface area contributed by atoms with E-state index in [1.807, 2.05) is 13.8 Å². The van der Waals surface area contributed by atoms with Crippen molar-refractivity contribution in [3.63, 3.8) is 0 Å². The lowest BCUT2D eigenvalue weighted by Gasteiger charge is -2.40. The van der Waals surface area contributed by atoms with Crippen LogP contribution in [0.5, 0.6) is 0 Å². The fraction of sp³-hybridized carbons (Fsp3) is 0.550. The van der Waals surface area contributed by atoms with Crippen LogP contribution in [-0.2, 0) is 23.2 Å². The van der Waals surface area contributed by atoms with Gasteiger partial charge >= 0.3 is 17.8 Å². The van der Waals surface area contributed by atoms with Gasteiger partial charge < -0.3 is 15.1 Å². The molecule has 1 saturated heterocycles. The Balaban J connectivity index is 2.27. The van der Waals surface area contributed by atoms with E-state index in [9.17, 15) is 27.6 Å². The molecule has 0 radical (unpaired) electrons. The molecule has 1 aromatic heterocycles. The van der Waals surface area contributed by atoms with E-state index in [-0.39, 0.29) is 24.6 Å². The second-order valence-corrected chi connectivity index (χ2v) is 7.88. The number of nitrogens with one attached hydrogen (secondary N) is 1. The van der Waals surface area contributed by atoms with Gasteiger partial charge in [-0.1, -0.05) is 17.6 Å². The molecule has 2 aliphatic heterocycles. The van der Waals surface area contributed by atoms with Gasteiger partial charge in [-0.25, -0.2) is 14.2 Å². The lowest BCUT2D eigenvalue weighted by Crippen LogP contribution is -2.61. The third-order valence-corrected chi connectivity index (χ3v) is 5.32. The average Bonchev–Trinajstić information content (AvgIpc) is 3.07. The van der Waals surface area contributed by atoms with Crippen LogP contribution in [0.3, 0.4) is 0 Å². The number of hydrogen-bond acceptors (Lipinski definition) is 8. The molecular weight excluding hydrogens is 445 g/mol. The highest BCUT2D eigenvalue weighted by Gasteiger charge is 2.50. The first-order valence-electron chi connectivity index (χ1n) is 10.2. The topological polar surface area (TPSA) is 92.0 Å². The van der Waals surface area contributed by atoms with Crippen molar-refractivity contribution in [2.75, 3.05) is 42.7 Å². The highest BCUT2D eigenvalue weighted by atomic mass is 19.4. The molecule has 180 valence electrons. The van der Waals surface area contributed by atoms with E-state index in [2.05, 4.69) is 11.2 Å². The molecule has 0 amide bonds. The normalized spacial score (nSPS) is 18.6. The number of nitrogens with zero attached hydrogens (tertiary/aromatic N) is 5. The number of terminal acetylenes is 1. The van der Waals surface area contributed by atoms with Crippen molar-refractivity contribution in [3.05, 3.63) is 32.5 Å². The summed E-state index contributed by atoms with van der Waals surface area (Å²) in [5.74, 6) is -0.469. The number of allylic oxidation sites excluding steroid dienone is 1. The summed E-state index contributed by atoms with van der Waals surface area (Å²) in [5, 5.41) is 3.85. The monoisotopic (exact) mass is 470 g/mol.